The molecule has 2 N–H and O–H groups in total. The Morgan fingerprint density at radius 1 is 1.56 bits per heavy atom. The fourth-order valence-corrected chi connectivity index (χ4v) is 1.86. The summed E-state index contributed by atoms with van der Waals surface area (Å²) in [6.45, 7) is 2.18. The van der Waals surface area contributed by atoms with E-state index in [2.05, 4.69) is 36.8 Å². The van der Waals surface area contributed by atoms with Gasteiger partial charge in [0.05, 0.1) is 11.1 Å². The van der Waals surface area contributed by atoms with Crippen LogP contribution < -0.4 is 5.73 Å². The van der Waals surface area contributed by atoms with E-state index in [1.54, 1.807) is 6.92 Å². The van der Waals surface area contributed by atoms with Crippen LogP contribution in [0, 0.1) is 0 Å². The molecule has 0 saturated heterocycles. The molecular weight excluding hydrogens is 340 g/mol. The normalized spacial score (nSPS) is 10.2. The van der Waals surface area contributed by atoms with Crippen LogP contribution in [0.2, 0.25) is 0 Å². The molecule has 0 bridgehead atoms. The second kappa shape index (κ2) is 6.20. The van der Waals surface area contributed by atoms with Crippen molar-refractivity contribution in [3.63, 3.8) is 0 Å². The predicted molar refractivity (Wildman–Crippen MR) is 69.0 cm³/mol. The van der Waals surface area contributed by atoms with Gasteiger partial charge in [-0.3, -0.25) is 4.79 Å². The number of aromatic nitrogens is 1. The average molecular weight is 352 g/mol. The highest BCUT2D eigenvalue weighted by atomic mass is 79.9. The lowest BCUT2D eigenvalue weighted by Gasteiger charge is -2.06. The van der Waals surface area contributed by atoms with Gasteiger partial charge < -0.3 is 10.5 Å². The lowest BCUT2D eigenvalue weighted by molar-refractivity contribution is -0.143. The van der Waals surface area contributed by atoms with Gasteiger partial charge in [0.15, 0.2) is 0 Å². The molecule has 0 aliphatic carbocycles. The molecule has 0 aliphatic rings. The molecule has 1 aromatic heterocycles. The predicted octanol–water partition coefficient (Wildman–Crippen LogP) is 2.68. The first kappa shape index (κ1) is 13.4. The Labute approximate surface area is 111 Å². The molecule has 0 amide bonds. The number of carbonyl (C=O) groups is 1. The summed E-state index contributed by atoms with van der Waals surface area (Å²) in [5.41, 5.74) is 6.57. The van der Waals surface area contributed by atoms with Gasteiger partial charge in [0.1, 0.15) is 10.4 Å². The maximum Gasteiger partial charge on any atom is 0.306 e. The molecular formula is C10H12Br2N2O2. The minimum atomic E-state index is -0.221. The Morgan fingerprint density at radius 3 is 2.88 bits per heavy atom. The number of nitrogens with zero attached hydrogens (tertiary/aromatic N) is 1. The minimum absolute atomic E-state index is 0.221. The molecule has 0 aliphatic heterocycles. The molecule has 0 fully saturated rings. The molecule has 0 spiro atoms. The molecule has 0 radical (unpaired) electrons. The van der Waals surface area contributed by atoms with Crippen LogP contribution in [0.4, 0.5) is 5.82 Å². The molecule has 1 heterocycles. The number of hydrogen-bond acceptors (Lipinski definition) is 4. The highest BCUT2D eigenvalue weighted by Crippen LogP contribution is 2.25. The summed E-state index contributed by atoms with van der Waals surface area (Å²) in [6, 6.07) is 1.85. The van der Waals surface area contributed by atoms with Crippen LogP contribution in [0.1, 0.15) is 18.9 Å². The highest BCUT2D eigenvalue weighted by molar-refractivity contribution is 9.13. The number of anilines is 1. The first-order chi connectivity index (χ1) is 7.54. The number of nitrogen functional groups attached to an aromatic ring is 1. The fraction of sp³-hybridized carbons (Fsp3) is 0.400. The van der Waals surface area contributed by atoms with Crippen molar-refractivity contribution in [1.29, 1.82) is 0 Å². The summed E-state index contributed by atoms with van der Waals surface area (Å²) in [4.78, 5) is 15.3. The molecule has 1 rings (SSSR count). The zero-order chi connectivity index (χ0) is 12.1. The monoisotopic (exact) mass is 350 g/mol. The second-order valence-corrected chi connectivity index (χ2v) is 4.72. The quantitative estimate of drug-likeness (QED) is 0.669. The zero-order valence-corrected chi connectivity index (χ0v) is 12.0. The second-order valence-electron chi connectivity index (χ2n) is 3.11. The number of ether oxygens (including phenoxy) is 1. The summed E-state index contributed by atoms with van der Waals surface area (Å²) in [5, 5.41) is 0. The average Bonchev–Trinajstić information content (AvgIpc) is 2.22. The lowest BCUT2D eigenvalue weighted by Crippen LogP contribution is -2.07. The number of pyridine rings is 1. The molecule has 1 aromatic rings. The van der Waals surface area contributed by atoms with Crippen LogP contribution in [-0.2, 0) is 16.0 Å². The van der Waals surface area contributed by atoms with Crippen molar-refractivity contribution in [1.82, 2.24) is 4.98 Å². The summed E-state index contributed by atoms with van der Waals surface area (Å²) >= 11 is 6.59. The Kier molecular flexibility index (Phi) is 5.21. The largest absolute Gasteiger partial charge is 0.466 e. The van der Waals surface area contributed by atoms with Crippen molar-refractivity contribution in [2.75, 3.05) is 12.3 Å². The third kappa shape index (κ3) is 3.75. The summed E-state index contributed by atoms with van der Waals surface area (Å²) in [7, 11) is 0. The van der Waals surface area contributed by atoms with Gasteiger partial charge in [-0.2, -0.15) is 0 Å². The number of halogens is 2. The maximum absolute atomic E-state index is 11.2. The standard InChI is InChI=1S/C10H12Br2N2O2/c1-2-16-8(15)4-3-6-5-7(11)9(12)14-10(6)13/h5H,2-4H2,1H3,(H2,13,14). The summed E-state index contributed by atoms with van der Waals surface area (Å²) < 4.78 is 6.31. The number of aryl methyl sites for hydroxylation is 1. The first-order valence-corrected chi connectivity index (χ1v) is 6.39. The minimum Gasteiger partial charge on any atom is -0.466 e. The van der Waals surface area contributed by atoms with Gasteiger partial charge in [-0.25, -0.2) is 4.98 Å². The lowest BCUT2D eigenvalue weighted by atomic mass is 10.1. The Hall–Kier alpha value is -0.620. The molecule has 0 aromatic carbocycles. The van der Waals surface area contributed by atoms with Gasteiger partial charge in [0.2, 0.25) is 0 Å². The van der Waals surface area contributed by atoms with E-state index in [0.29, 0.717) is 29.9 Å². The first-order valence-electron chi connectivity index (χ1n) is 4.80. The topological polar surface area (TPSA) is 65.2 Å². The third-order valence-corrected chi connectivity index (χ3v) is 3.69. The van der Waals surface area contributed by atoms with Crippen molar-refractivity contribution in [3.8, 4) is 0 Å². The van der Waals surface area contributed by atoms with Crippen LogP contribution in [0.15, 0.2) is 15.1 Å². The van der Waals surface area contributed by atoms with Crippen molar-refractivity contribution in [3.05, 3.63) is 20.7 Å². The van der Waals surface area contributed by atoms with E-state index in [4.69, 9.17) is 10.5 Å². The van der Waals surface area contributed by atoms with Gasteiger partial charge in [0, 0.05) is 6.42 Å². The molecule has 88 valence electrons. The Morgan fingerprint density at radius 2 is 2.25 bits per heavy atom. The fourth-order valence-electron chi connectivity index (χ4n) is 1.19. The Balaban J connectivity index is 2.67. The smallest absolute Gasteiger partial charge is 0.306 e. The van der Waals surface area contributed by atoms with Crippen molar-refractivity contribution < 1.29 is 9.53 Å². The van der Waals surface area contributed by atoms with Gasteiger partial charge in [-0.1, -0.05) is 0 Å². The molecule has 0 saturated carbocycles. The van der Waals surface area contributed by atoms with E-state index >= 15 is 0 Å². The number of esters is 1. The van der Waals surface area contributed by atoms with Gasteiger partial charge in [-0.15, -0.1) is 0 Å². The maximum atomic E-state index is 11.2. The van der Waals surface area contributed by atoms with E-state index in [0.717, 1.165) is 10.0 Å². The highest BCUT2D eigenvalue weighted by Gasteiger charge is 2.09. The summed E-state index contributed by atoms with van der Waals surface area (Å²) in [6.07, 6.45) is 0.845. The van der Waals surface area contributed by atoms with E-state index in [1.807, 2.05) is 6.07 Å². The number of nitrogens with two attached hydrogens (primary N) is 1. The third-order valence-electron chi connectivity index (χ3n) is 1.95. The number of carbonyl (C=O) groups excluding carboxylic acids is 1. The molecule has 6 heteroatoms. The van der Waals surface area contributed by atoms with Crippen molar-refractivity contribution in [2.45, 2.75) is 19.8 Å². The van der Waals surface area contributed by atoms with Crippen LogP contribution in [0.25, 0.3) is 0 Å². The van der Waals surface area contributed by atoms with E-state index in [9.17, 15) is 4.79 Å². The summed E-state index contributed by atoms with van der Waals surface area (Å²) in [5.74, 6) is 0.209. The molecule has 16 heavy (non-hydrogen) atoms. The van der Waals surface area contributed by atoms with Crippen LogP contribution >= 0.6 is 31.9 Å². The zero-order valence-electron chi connectivity index (χ0n) is 8.80. The SMILES string of the molecule is CCOC(=O)CCc1cc(Br)c(Br)nc1N. The van der Waals surface area contributed by atoms with Gasteiger partial charge in [-0.05, 0) is 56.8 Å². The number of rotatable bonds is 4. The van der Waals surface area contributed by atoms with Crippen molar-refractivity contribution >= 4 is 43.6 Å². The molecule has 0 unspecified atom stereocenters. The Bertz CT molecular complexity index is 397. The van der Waals surface area contributed by atoms with Gasteiger partial charge in [0.25, 0.3) is 0 Å². The van der Waals surface area contributed by atoms with E-state index < -0.39 is 0 Å². The van der Waals surface area contributed by atoms with Crippen LogP contribution in [0.3, 0.4) is 0 Å². The number of hydrogen-bond donors (Lipinski definition) is 1. The van der Waals surface area contributed by atoms with Gasteiger partial charge >= 0.3 is 5.97 Å². The molecule has 4 nitrogen and oxygen atoms in total. The van der Waals surface area contributed by atoms with E-state index in [1.165, 1.54) is 0 Å². The van der Waals surface area contributed by atoms with Crippen molar-refractivity contribution in [2.24, 2.45) is 0 Å². The van der Waals surface area contributed by atoms with Crippen LogP contribution in [-0.4, -0.2) is 17.6 Å². The van der Waals surface area contributed by atoms with Crippen LogP contribution in [0.5, 0.6) is 0 Å². The molecule has 0 atom stereocenters. The van der Waals surface area contributed by atoms with E-state index in [-0.39, 0.29) is 5.97 Å².